The van der Waals surface area contributed by atoms with Gasteiger partial charge in [-0.05, 0) is 18.1 Å². The minimum atomic E-state index is -3.78. The van der Waals surface area contributed by atoms with Crippen LogP contribution in [0.25, 0.3) is 0 Å². The van der Waals surface area contributed by atoms with Crippen LogP contribution in [-0.4, -0.2) is 43.6 Å². The van der Waals surface area contributed by atoms with Gasteiger partial charge in [0.1, 0.15) is 12.1 Å². The Morgan fingerprint density at radius 3 is 2.81 bits per heavy atom. The number of benzene rings is 2. The van der Waals surface area contributed by atoms with Gasteiger partial charge in [-0.3, -0.25) is 4.72 Å². The topological polar surface area (TPSA) is 102 Å². The number of sulfonamides is 1. The zero-order valence-electron chi connectivity index (χ0n) is 16.6. The van der Waals surface area contributed by atoms with Gasteiger partial charge in [0, 0.05) is 35.6 Å². The minimum absolute atomic E-state index is 0.0633. The van der Waals surface area contributed by atoms with Gasteiger partial charge in [0.2, 0.25) is 5.13 Å². The Kier molecular flexibility index (Phi) is 5.61. The van der Waals surface area contributed by atoms with Gasteiger partial charge in [-0.15, -0.1) is 0 Å². The fraction of sp³-hybridized carbons (Fsp3) is 0.333. The molecule has 8 nitrogen and oxygen atoms in total. The predicted octanol–water partition coefficient (Wildman–Crippen LogP) is 2.93. The molecule has 5 rings (SSSR count). The second kappa shape index (κ2) is 8.54. The molecule has 3 aromatic rings. The number of anilines is 1. The summed E-state index contributed by atoms with van der Waals surface area (Å²) in [5.74, 6) is 0.673. The molecular formula is C21H22N4O4S2. The van der Waals surface area contributed by atoms with Crippen LogP contribution in [0, 0.1) is 0 Å². The van der Waals surface area contributed by atoms with Gasteiger partial charge in [0.25, 0.3) is 10.0 Å². The maximum Gasteiger partial charge on any atom is 0.263 e. The lowest BCUT2D eigenvalue weighted by Gasteiger charge is -2.40. The van der Waals surface area contributed by atoms with E-state index in [1.54, 1.807) is 12.1 Å². The van der Waals surface area contributed by atoms with E-state index < -0.39 is 10.0 Å². The van der Waals surface area contributed by atoms with E-state index in [9.17, 15) is 8.42 Å². The van der Waals surface area contributed by atoms with E-state index in [0.29, 0.717) is 19.0 Å². The highest BCUT2D eigenvalue weighted by molar-refractivity contribution is 7.93. The molecule has 1 fully saturated rings. The van der Waals surface area contributed by atoms with Crippen LogP contribution in [0.4, 0.5) is 5.13 Å². The molecule has 0 aliphatic carbocycles. The van der Waals surface area contributed by atoms with Crippen LogP contribution in [0.1, 0.15) is 29.5 Å². The molecular weight excluding hydrogens is 436 g/mol. The maximum absolute atomic E-state index is 12.7. The molecule has 162 valence electrons. The molecule has 3 unspecified atom stereocenters. The number of fused-ring (bicyclic) bond motifs is 1. The van der Waals surface area contributed by atoms with Crippen molar-refractivity contribution in [3.05, 3.63) is 66.0 Å². The van der Waals surface area contributed by atoms with E-state index in [4.69, 9.17) is 9.47 Å². The van der Waals surface area contributed by atoms with E-state index in [0.717, 1.165) is 30.1 Å². The summed E-state index contributed by atoms with van der Waals surface area (Å²) in [5, 5.41) is 3.82. The monoisotopic (exact) mass is 458 g/mol. The van der Waals surface area contributed by atoms with Gasteiger partial charge < -0.3 is 14.8 Å². The molecule has 1 saturated heterocycles. The summed E-state index contributed by atoms with van der Waals surface area (Å²) in [6.07, 6.45) is 2.04. The number of hydrogen-bond donors (Lipinski definition) is 2. The van der Waals surface area contributed by atoms with Crippen LogP contribution in [-0.2, 0) is 14.8 Å². The molecule has 0 amide bonds. The number of rotatable bonds is 5. The molecule has 1 aromatic heterocycles. The predicted molar refractivity (Wildman–Crippen MR) is 117 cm³/mol. The first kappa shape index (κ1) is 20.4. The van der Waals surface area contributed by atoms with E-state index >= 15 is 0 Å². The van der Waals surface area contributed by atoms with Crippen molar-refractivity contribution < 1.29 is 17.9 Å². The minimum Gasteiger partial charge on any atom is -0.493 e. The molecule has 2 aliphatic heterocycles. The zero-order valence-corrected chi connectivity index (χ0v) is 18.2. The number of morpholine rings is 1. The highest BCUT2D eigenvalue weighted by atomic mass is 32.2. The quantitative estimate of drug-likeness (QED) is 0.606. The Bertz CT molecular complexity index is 1140. The summed E-state index contributed by atoms with van der Waals surface area (Å²) in [6.45, 7) is 1.94. The highest BCUT2D eigenvalue weighted by Gasteiger charge is 2.38. The molecule has 0 spiro atoms. The van der Waals surface area contributed by atoms with E-state index in [1.165, 1.54) is 11.9 Å². The first-order chi connectivity index (χ1) is 15.1. The summed E-state index contributed by atoms with van der Waals surface area (Å²) in [4.78, 5) is 4.02. The largest absolute Gasteiger partial charge is 0.493 e. The molecule has 3 atom stereocenters. The summed E-state index contributed by atoms with van der Waals surface area (Å²) in [7, 11) is -3.78. The molecule has 31 heavy (non-hydrogen) atoms. The van der Waals surface area contributed by atoms with Crippen LogP contribution in [0.5, 0.6) is 5.75 Å². The first-order valence-electron chi connectivity index (χ1n) is 10.1. The van der Waals surface area contributed by atoms with Crippen molar-refractivity contribution >= 4 is 26.7 Å². The van der Waals surface area contributed by atoms with Crippen molar-refractivity contribution in [1.29, 1.82) is 0 Å². The van der Waals surface area contributed by atoms with E-state index in [2.05, 4.69) is 31.5 Å². The number of hydrogen-bond acceptors (Lipinski definition) is 8. The Hall–Kier alpha value is -2.53. The van der Waals surface area contributed by atoms with Gasteiger partial charge in [-0.2, -0.15) is 4.37 Å². The summed E-state index contributed by atoms with van der Waals surface area (Å²) in [5.41, 5.74) is 2.15. The van der Waals surface area contributed by atoms with Gasteiger partial charge in [-0.1, -0.05) is 36.4 Å². The SMILES string of the molecule is O=S(=O)(Nc1ncns1)c1ccc2c(c1)OCCC2C1OCCNC1c1ccccc1. The second-order valence-electron chi connectivity index (χ2n) is 7.47. The van der Waals surface area contributed by atoms with Crippen LogP contribution >= 0.6 is 11.5 Å². The molecule has 10 heteroatoms. The average Bonchev–Trinajstić information content (AvgIpc) is 3.31. The van der Waals surface area contributed by atoms with E-state index in [1.807, 2.05) is 24.3 Å². The molecule has 0 bridgehead atoms. The molecule has 0 saturated carbocycles. The van der Waals surface area contributed by atoms with Crippen molar-refractivity contribution in [1.82, 2.24) is 14.7 Å². The normalized spacial score (nSPS) is 23.5. The lowest BCUT2D eigenvalue weighted by Crippen LogP contribution is -2.45. The molecule has 0 radical (unpaired) electrons. The van der Waals surface area contributed by atoms with Gasteiger partial charge >= 0.3 is 0 Å². The van der Waals surface area contributed by atoms with Gasteiger partial charge in [0.15, 0.2) is 0 Å². The number of nitrogens with one attached hydrogen (secondary N) is 2. The number of nitrogens with zero attached hydrogens (tertiary/aromatic N) is 2. The third kappa shape index (κ3) is 4.16. The molecule has 2 aliphatic rings. The lowest BCUT2D eigenvalue weighted by molar-refractivity contribution is -0.0283. The van der Waals surface area contributed by atoms with Crippen LogP contribution < -0.4 is 14.8 Å². The van der Waals surface area contributed by atoms with Crippen LogP contribution in [0.2, 0.25) is 0 Å². The summed E-state index contributed by atoms with van der Waals surface area (Å²) < 4.78 is 43.9. The number of aromatic nitrogens is 2. The summed E-state index contributed by atoms with van der Waals surface area (Å²) >= 11 is 0.984. The Morgan fingerprint density at radius 1 is 1.13 bits per heavy atom. The van der Waals surface area contributed by atoms with E-state index in [-0.39, 0.29) is 28.1 Å². The Labute approximate surface area is 184 Å². The third-order valence-electron chi connectivity index (χ3n) is 5.62. The third-order valence-corrected chi connectivity index (χ3v) is 7.67. The Balaban J connectivity index is 1.45. The van der Waals surface area contributed by atoms with Gasteiger partial charge in [-0.25, -0.2) is 13.4 Å². The van der Waals surface area contributed by atoms with Crippen molar-refractivity contribution in [3.63, 3.8) is 0 Å². The maximum atomic E-state index is 12.7. The Morgan fingerprint density at radius 2 is 2.00 bits per heavy atom. The fourth-order valence-corrected chi connectivity index (χ4v) is 5.91. The standard InChI is InChI=1S/C21H22N4O4S2/c26-31(27,25-21-23-13-24-30-21)15-6-7-16-17(8-10-28-18(16)12-15)20-19(22-9-11-29-20)14-4-2-1-3-5-14/h1-7,12-13,17,19-20,22H,8-11H2,(H,23,24,25). The zero-order chi connectivity index (χ0) is 21.3. The fourth-order valence-electron chi connectivity index (χ4n) is 4.24. The summed E-state index contributed by atoms with van der Waals surface area (Å²) in [6, 6.07) is 15.4. The van der Waals surface area contributed by atoms with Crippen molar-refractivity contribution in [2.75, 3.05) is 24.5 Å². The smallest absolute Gasteiger partial charge is 0.263 e. The van der Waals surface area contributed by atoms with Crippen molar-refractivity contribution in [3.8, 4) is 5.75 Å². The van der Waals surface area contributed by atoms with Crippen molar-refractivity contribution in [2.45, 2.75) is 29.4 Å². The second-order valence-corrected chi connectivity index (χ2v) is 9.94. The molecule has 3 heterocycles. The van der Waals surface area contributed by atoms with Gasteiger partial charge in [0.05, 0.1) is 30.3 Å². The molecule has 2 aromatic carbocycles. The number of ether oxygens (including phenoxy) is 2. The lowest BCUT2D eigenvalue weighted by atomic mass is 9.82. The van der Waals surface area contributed by atoms with Crippen LogP contribution in [0.3, 0.4) is 0 Å². The first-order valence-corrected chi connectivity index (χ1v) is 12.3. The average molecular weight is 459 g/mol. The van der Waals surface area contributed by atoms with Crippen molar-refractivity contribution in [2.24, 2.45) is 0 Å². The highest BCUT2D eigenvalue weighted by Crippen LogP contribution is 2.42. The van der Waals surface area contributed by atoms with Crippen LogP contribution in [0.15, 0.2) is 59.8 Å². The molecule has 2 N–H and O–H groups in total.